The number of carboxylic acids is 1. The Morgan fingerprint density at radius 3 is 2.01 bits per heavy atom. The molecule has 11 N–H and O–H groups in total. The normalized spacial score (nSPS) is 45.2. The predicted molar refractivity (Wildman–Crippen MR) is 349 cm³/mol. The number of hydrogen-bond donors (Lipinski definition) is 11. The van der Waals surface area contributed by atoms with Crippen LogP contribution in [0.4, 0.5) is 0 Å². The second-order valence-corrected chi connectivity index (χ2v) is 32.1. The van der Waals surface area contributed by atoms with Gasteiger partial charge in [0.05, 0.1) is 61.6 Å². The molecule has 27 heteroatoms. The number of rotatable bonds is 19. The number of allylic oxidation sites excluding steroid dienone is 3. The average molecular weight is 1420 g/mol. The van der Waals surface area contributed by atoms with E-state index < -0.39 is 235 Å². The molecule has 31 atom stereocenters. The minimum absolute atomic E-state index is 0.0149. The van der Waals surface area contributed by atoms with Gasteiger partial charge in [0.15, 0.2) is 31.1 Å². The number of fused-ring (bicyclic) bond motifs is 7. The Morgan fingerprint density at radius 2 is 1.37 bits per heavy atom. The number of esters is 4. The second kappa shape index (κ2) is 29.7. The fourth-order valence-corrected chi connectivity index (χ4v) is 19.5. The van der Waals surface area contributed by atoms with Crippen molar-refractivity contribution in [2.24, 2.45) is 68.0 Å². The summed E-state index contributed by atoms with van der Waals surface area (Å²) in [5, 5.41) is 123. The molecule has 0 radical (unpaired) electrons. The lowest BCUT2D eigenvalue weighted by Crippen LogP contribution is -2.71. The molecular weight excluding hydrogens is 1310 g/mol. The third kappa shape index (κ3) is 13.8. The Labute approximate surface area is 583 Å². The maximum Gasteiger partial charge on any atom is 0.338 e. The van der Waals surface area contributed by atoms with E-state index in [1.165, 1.54) is 6.92 Å². The zero-order valence-corrected chi connectivity index (χ0v) is 59.6. The molecule has 4 saturated heterocycles. The van der Waals surface area contributed by atoms with Gasteiger partial charge in [-0.1, -0.05) is 91.3 Å². The van der Waals surface area contributed by atoms with Crippen LogP contribution in [0.15, 0.2) is 53.6 Å². The Bertz CT molecular complexity index is 3160. The molecule has 100 heavy (non-hydrogen) atoms. The summed E-state index contributed by atoms with van der Waals surface area (Å²) in [6.07, 6.45) is -25.0. The molecule has 1 aromatic carbocycles. The zero-order valence-electron chi connectivity index (χ0n) is 59.6. The Kier molecular flexibility index (Phi) is 23.2. The number of hydrogen-bond acceptors (Lipinski definition) is 26. The highest BCUT2D eigenvalue weighted by Gasteiger charge is 2.74. The van der Waals surface area contributed by atoms with Crippen LogP contribution in [0.25, 0.3) is 0 Å². The molecule has 562 valence electrons. The lowest BCUT2D eigenvalue weighted by molar-refractivity contribution is -0.392. The van der Waals surface area contributed by atoms with Gasteiger partial charge in [-0.05, 0) is 136 Å². The number of aliphatic carboxylic acids is 1. The molecule has 0 bridgehead atoms. The Morgan fingerprint density at radius 1 is 0.700 bits per heavy atom. The number of benzene rings is 1. The van der Waals surface area contributed by atoms with Crippen LogP contribution in [0.1, 0.15) is 152 Å². The van der Waals surface area contributed by atoms with Gasteiger partial charge in [-0.25, -0.2) is 14.4 Å². The largest absolute Gasteiger partial charge is 0.479 e. The highest BCUT2D eigenvalue weighted by atomic mass is 16.8. The third-order valence-electron chi connectivity index (χ3n) is 25.9. The van der Waals surface area contributed by atoms with Gasteiger partial charge >= 0.3 is 29.8 Å². The molecule has 0 amide bonds. The van der Waals surface area contributed by atoms with Gasteiger partial charge in [-0.3, -0.25) is 9.59 Å². The van der Waals surface area contributed by atoms with Crippen molar-refractivity contribution in [3.63, 3.8) is 0 Å². The van der Waals surface area contributed by atoms with E-state index in [-0.39, 0.29) is 31.3 Å². The van der Waals surface area contributed by atoms with E-state index in [2.05, 4.69) is 54.5 Å². The monoisotopic (exact) mass is 1420 g/mol. The lowest BCUT2D eigenvalue weighted by Gasteiger charge is -2.73. The minimum Gasteiger partial charge on any atom is -0.479 e. The van der Waals surface area contributed by atoms with Gasteiger partial charge in [0.25, 0.3) is 0 Å². The molecule has 4 heterocycles. The standard InChI is InChI=1S/C73H108O27/c1-14-33(2)62(87)97-56-35(4)43(90-31-45(56)94-63(88)34(3)36(5)92-64(89)38-18-16-15-17-19-38)26-40-60(93-37(6)76)73(32-75)41(27-68(40,7)8)39-20-21-47-70(11)24-23-49(69(9,10)46(70)22-25-71(47,12)72(39,13)28-48(73)78)96-67-59(100-66-54(83)52(81)51(80)44(29-74)95-66)57(55(84)58(99-67)61(85)86)98-65-53(82)50(79)42(77)30-91-65/h14-20,34-36,40-60,65-67,74-75,77-84H,21-32H2,1-13H3,(H,85,86)/b33-14-/t34?,35?,36?,40-,41?,42+,43?,44?,45?,46?,47?,48+,49-,50+,51-,52+,53?,54?,55-,56?,57+,58?,59?,60?,65-,66-,67+,70-,71+,72+,73-/m0/s1. The summed E-state index contributed by atoms with van der Waals surface area (Å²) in [5.74, 6) is -6.93. The molecule has 0 spiro atoms. The maximum absolute atomic E-state index is 14.0. The van der Waals surface area contributed by atoms with Crippen molar-refractivity contribution in [3.8, 4) is 0 Å². The quantitative estimate of drug-likeness (QED) is 0.0311. The highest BCUT2D eigenvalue weighted by Crippen LogP contribution is 2.76. The average Bonchev–Trinajstić information content (AvgIpc) is 0.668. The van der Waals surface area contributed by atoms with Crippen LogP contribution >= 0.6 is 0 Å². The summed E-state index contributed by atoms with van der Waals surface area (Å²) < 4.78 is 67.9. The molecule has 5 aliphatic carbocycles. The zero-order chi connectivity index (χ0) is 73.4. The topological polar surface area (TPSA) is 409 Å². The number of aliphatic hydroxyl groups excluding tert-OH is 10. The first-order valence-electron chi connectivity index (χ1n) is 35.5. The highest BCUT2D eigenvalue weighted by molar-refractivity contribution is 5.90. The first kappa shape index (κ1) is 78.0. The summed E-state index contributed by atoms with van der Waals surface area (Å²) in [5.41, 5.74) is -2.73. The van der Waals surface area contributed by atoms with Crippen LogP contribution in [0.3, 0.4) is 0 Å². The van der Waals surface area contributed by atoms with Crippen LogP contribution in [0.2, 0.25) is 0 Å². The fourth-order valence-electron chi connectivity index (χ4n) is 19.5. The van der Waals surface area contributed by atoms with E-state index in [4.69, 9.17) is 52.1 Å². The molecule has 8 fully saturated rings. The summed E-state index contributed by atoms with van der Waals surface area (Å²) >= 11 is 0. The molecule has 10 rings (SSSR count). The van der Waals surface area contributed by atoms with Gasteiger partial charge in [0, 0.05) is 24.3 Å². The fraction of sp³-hybridized carbons (Fsp3) is 0.795. The van der Waals surface area contributed by atoms with Crippen LogP contribution in [-0.4, -0.2) is 241 Å². The SMILES string of the molecule is C/C=C(/C)C(=O)OC1C(OC(=O)C(C)C(C)OC(=O)c2ccccc2)COC(C[C@H]2C(OC(C)=O)[C@@]3(CO)C(CC2(C)C)C2=CCC4[C@@]5(C)CC[C@H](O[C@@H]6OC(C(=O)O)[C@@H](O)[C@@H](O[C@@H]7OC[C@@H](O)[C@@H](O)C7O)C6O[C@@H]6OC(CO)[C@H](O)[C@@H](O)C6O)C(C)(C)C5CC[C@@]4(C)[C@]2(C)C[C@H]3O)C1C. The molecule has 27 nitrogen and oxygen atoms in total. The maximum atomic E-state index is 14.0. The molecule has 0 aromatic heterocycles. The first-order chi connectivity index (χ1) is 46.9. The second-order valence-electron chi connectivity index (χ2n) is 32.1. The molecule has 4 aliphatic heterocycles. The molecule has 4 saturated carbocycles. The van der Waals surface area contributed by atoms with Crippen molar-refractivity contribution in [3.05, 3.63) is 59.2 Å². The third-order valence-corrected chi connectivity index (χ3v) is 25.9. The number of ether oxygens (including phenoxy) is 11. The molecule has 9 aliphatic rings. The van der Waals surface area contributed by atoms with Gasteiger partial charge in [0.1, 0.15) is 79.4 Å². The number of carbonyl (C=O) groups excluding carboxylic acids is 4. The van der Waals surface area contributed by atoms with E-state index >= 15 is 0 Å². The minimum atomic E-state index is -2.13. The van der Waals surface area contributed by atoms with Gasteiger partial charge in [0.2, 0.25) is 0 Å². The Hall–Kier alpha value is -4.63. The van der Waals surface area contributed by atoms with E-state index in [9.17, 15) is 80.1 Å². The van der Waals surface area contributed by atoms with Crippen molar-refractivity contribution < 1.29 is 132 Å². The van der Waals surface area contributed by atoms with Crippen LogP contribution in [0.5, 0.6) is 0 Å². The van der Waals surface area contributed by atoms with Crippen LogP contribution in [0, 0.1) is 68.0 Å². The van der Waals surface area contributed by atoms with Crippen molar-refractivity contribution >= 4 is 29.8 Å². The summed E-state index contributed by atoms with van der Waals surface area (Å²) in [6, 6.07) is 8.37. The van der Waals surface area contributed by atoms with Crippen molar-refractivity contribution in [1.82, 2.24) is 0 Å². The Balaban J connectivity index is 0.909. The van der Waals surface area contributed by atoms with E-state index in [0.29, 0.717) is 49.7 Å². The van der Waals surface area contributed by atoms with Crippen LogP contribution < -0.4 is 0 Å². The van der Waals surface area contributed by atoms with Gasteiger partial charge in [-0.15, -0.1) is 0 Å². The summed E-state index contributed by atoms with van der Waals surface area (Å²) in [7, 11) is 0. The van der Waals surface area contributed by atoms with Gasteiger partial charge in [-0.2, -0.15) is 0 Å². The van der Waals surface area contributed by atoms with Crippen molar-refractivity contribution in [2.75, 3.05) is 26.4 Å². The summed E-state index contributed by atoms with van der Waals surface area (Å²) in [6.45, 7) is 22.6. The van der Waals surface area contributed by atoms with Gasteiger partial charge < -0.3 is 108 Å². The van der Waals surface area contributed by atoms with E-state index in [1.807, 2.05) is 6.92 Å². The molecule has 1 aromatic rings. The number of carbonyl (C=O) groups is 5. The van der Waals surface area contributed by atoms with E-state index in [0.717, 1.165) is 5.57 Å². The number of carboxylic acid groups (broad SMARTS) is 1. The molecule has 15 unspecified atom stereocenters. The first-order valence-corrected chi connectivity index (χ1v) is 35.5. The summed E-state index contributed by atoms with van der Waals surface area (Å²) in [4.78, 5) is 67.3. The number of aliphatic hydroxyl groups is 10. The molecular formula is C73H108O27. The van der Waals surface area contributed by atoms with Crippen molar-refractivity contribution in [2.45, 2.75) is 270 Å². The smallest absolute Gasteiger partial charge is 0.338 e. The predicted octanol–water partition coefficient (Wildman–Crippen LogP) is 3.18. The van der Waals surface area contributed by atoms with E-state index in [1.54, 1.807) is 64.1 Å². The van der Waals surface area contributed by atoms with Crippen LogP contribution in [-0.2, 0) is 71.3 Å². The van der Waals surface area contributed by atoms with Crippen molar-refractivity contribution in [1.29, 1.82) is 0 Å². The lowest BCUT2D eigenvalue weighted by atomic mass is 9.32.